The van der Waals surface area contributed by atoms with Crippen LogP contribution in [-0.2, 0) is 22.4 Å². The molecule has 5 nitrogen and oxygen atoms in total. The van der Waals surface area contributed by atoms with Crippen LogP contribution in [-0.4, -0.2) is 36.2 Å². The Balaban J connectivity index is 1.69. The van der Waals surface area contributed by atoms with E-state index < -0.39 is 17.9 Å². The van der Waals surface area contributed by atoms with Crippen LogP contribution in [0, 0.1) is 5.92 Å². The maximum Gasteiger partial charge on any atom is 0.311 e. The molecule has 2 atom stereocenters. The van der Waals surface area contributed by atoms with Crippen LogP contribution in [0.2, 0.25) is 0 Å². The quantitative estimate of drug-likeness (QED) is 0.869. The van der Waals surface area contributed by atoms with Gasteiger partial charge in [0.2, 0.25) is 0 Å². The van der Waals surface area contributed by atoms with Crippen LogP contribution >= 0.6 is 11.3 Å². The molecule has 1 fully saturated rings. The molecule has 0 spiro atoms. The number of ether oxygens (including phenoxy) is 1. The number of hydrogen-bond donors (Lipinski definition) is 2. The molecule has 2 heterocycles. The monoisotopic (exact) mass is 281 g/mol. The van der Waals surface area contributed by atoms with Gasteiger partial charge >= 0.3 is 5.97 Å². The summed E-state index contributed by atoms with van der Waals surface area (Å²) in [7, 11) is 0. The minimum absolute atomic E-state index is 0.168. The van der Waals surface area contributed by atoms with Crippen molar-refractivity contribution < 1.29 is 19.4 Å². The van der Waals surface area contributed by atoms with Gasteiger partial charge < -0.3 is 15.2 Å². The van der Waals surface area contributed by atoms with Crippen molar-refractivity contribution >= 4 is 23.2 Å². The van der Waals surface area contributed by atoms with Crippen molar-refractivity contribution in [3.63, 3.8) is 0 Å². The molecular formula is C13H15NO4S. The number of nitrogens with one attached hydrogen (secondary N) is 1. The largest absolute Gasteiger partial charge is 0.481 e. The first-order valence-corrected chi connectivity index (χ1v) is 7.20. The topological polar surface area (TPSA) is 75.6 Å². The lowest BCUT2D eigenvalue weighted by Gasteiger charge is -2.14. The Bertz CT molecular complexity index is 503. The fourth-order valence-electron chi connectivity index (χ4n) is 2.62. The summed E-state index contributed by atoms with van der Waals surface area (Å²) in [5.74, 6) is -1.74. The molecule has 1 saturated heterocycles. The molecular weight excluding hydrogens is 266 g/mol. The van der Waals surface area contributed by atoms with Crippen molar-refractivity contribution in [3.05, 3.63) is 21.4 Å². The highest BCUT2D eigenvalue weighted by Gasteiger charge is 2.35. The van der Waals surface area contributed by atoms with E-state index in [4.69, 9.17) is 9.84 Å². The van der Waals surface area contributed by atoms with Crippen LogP contribution in [0.25, 0.3) is 0 Å². The Kier molecular flexibility index (Phi) is 3.28. The Morgan fingerprint density at radius 2 is 2.21 bits per heavy atom. The van der Waals surface area contributed by atoms with Crippen LogP contribution in [0.4, 0.5) is 0 Å². The second kappa shape index (κ2) is 4.94. The number of hydrogen-bond acceptors (Lipinski definition) is 4. The van der Waals surface area contributed by atoms with Crippen molar-refractivity contribution in [2.45, 2.75) is 25.3 Å². The Hall–Kier alpha value is -1.40. The summed E-state index contributed by atoms with van der Waals surface area (Å²) >= 11 is 1.52. The van der Waals surface area contributed by atoms with Gasteiger partial charge in [0.25, 0.3) is 5.91 Å². The van der Waals surface area contributed by atoms with Gasteiger partial charge in [0.15, 0.2) is 0 Å². The molecule has 0 saturated carbocycles. The average Bonchev–Trinajstić information content (AvgIpc) is 3.01. The van der Waals surface area contributed by atoms with Crippen molar-refractivity contribution in [1.29, 1.82) is 0 Å². The number of carbonyl (C=O) groups is 2. The number of fused-ring (bicyclic) bond motifs is 1. The number of carbonyl (C=O) groups excluding carboxylic acids is 1. The zero-order valence-electron chi connectivity index (χ0n) is 10.3. The summed E-state index contributed by atoms with van der Waals surface area (Å²) in [6.45, 7) is 0.440. The number of carboxylic acid groups (broad SMARTS) is 1. The van der Waals surface area contributed by atoms with Gasteiger partial charge in [-0.25, -0.2) is 0 Å². The van der Waals surface area contributed by atoms with Crippen molar-refractivity contribution in [2.75, 3.05) is 13.2 Å². The summed E-state index contributed by atoms with van der Waals surface area (Å²) in [6, 6.07) is 1.51. The second-order valence-corrected chi connectivity index (χ2v) is 6.11. The van der Waals surface area contributed by atoms with E-state index in [1.807, 2.05) is 6.07 Å². The molecule has 6 heteroatoms. The molecule has 1 aliphatic carbocycles. The van der Waals surface area contributed by atoms with Gasteiger partial charge in [0, 0.05) is 4.88 Å². The molecule has 19 heavy (non-hydrogen) atoms. The van der Waals surface area contributed by atoms with E-state index in [1.165, 1.54) is 28.2 Å². The van der Waals surface area contributed by atoms with E-state index in [2.05, 4.69) is 5.32 Å². The molecule has 102 valence electrons. The van der Waals surface area contributed by atoms with Gasteiger partial charge in [0.1, 0.15) is 5.92 Å². The molecule has 0 bridgehead atoms. The van der Waals surface area contributed by atoms with Gasteiger partial charge in [-0.3, -0.25) is 9.59 Å². The van der Waals surface area contributed by atoms with Gasteiger partial charge in [-0.2, -0.15) is 0 Å². The second-order valence-electron chi connectivity index (χ2n) is 4.97. The smallest absolute Gasteiger partial charge is 0.311 e. The van der Waals surface area contributed by atoms with Gasteiger partial charge in [-0.1, -0.05) is 0 Å². The highest BCUT2D eigenvalue weighted by Crippen LogP contribution is 2.30. The van der Waals surface area contributed by atoms with Gasteiger partial charge in [0.05, 0.1) is 24.1 Å². The van der Waals surface area contributed by atoms with Crippen molar-refractivity contribution in [1.82, 2.24) is 5.32 Å². The number of amides is 1. The fourth-order valence-corrected chi connectivity index (χ4v) is 3.78. The summed E-state index contributed by atoms with van der Waals surface area (Å²) in [5.41, 5.74) is 1.27. The summed E-state index contributed by atoms with van der Waals surface area (Å²) < 4.78 is 5.14. The molecule has 2 aliphatic rings. The number of carboxylic acids is 1. The third-order valence-corrected chi connectivity index (χ3v) is 4.92. The molecule has 1 amide bonds. The molecule has 2 unspecified atom stereocenters. The number of thiophene rings is 1. The van der Waals surface area contributed by atoms with E-state index in [9.17, 15) is 9.59 Å². The van der Waals surface area contributed by atoms with Crippen molar-refractivity contribution in [2.24, 2.45) is 5.92 Å². The van der Waals surface area contributed by atoms with Crippen LogP contribution in [0.1, 0.15) is 26.5 Å². The molecule has 0 radical (unpaired) electrons. The predicted octanol–water partition coefficient (Wildman–Crippen LogP) is 1.07. The SMILES string of the molecule is O=C(NC1COCC1C(=O)O)c1cc2c(s1)CCC2. The molecule has 3 rings (SSSR count). The Morgan fingerprint density at radius 3 is 2.95 bits per heavy atom. The zero-order valence-corrected chi connectivity index (χ0v) is 11.2. The molecule has 2 N–H and O–H groups in total. The van der Waals surface area contributed by atoms with Crippen LogP contribution in [0.15, 0.2) is 6.07 Å². The minimum Gasteiger partial charge on any atom is -0.481 e. The molecule has 1 aliphatic heterocycles. The van der Waals surface area contributed by atoms with Gasteiger partial charge in [-0.05, 0) is 30.9 Å². The Morgan fingerprint density at radius 1 is 1.37 bits per heavy atom. The van der Waals surface area contributed by atoms with Crippen LogP contribution in [0.5, 0.6) is 0 Å². The highest BCUT2D eigenvalue weighted by molar-refractivity contribution is 7.14. The lowest BCUT2D eigenvalue weighted by atomic mass is 10.0. The summed E-state index contributed by atoms with van der Waals surface area (Å²) in [6.07, 6.45) is 3.27. The summed E-state index contributed by atoms with van der Waals surface area (Å²) in [5, 5.41) is 11.8. The van der Waals surface area contributed by atoms with E-state index in [0.717, 1.165) is 12.8 Å². The number of aryl methyl sites for hydroxylation is 2. The van der Waals surface area contributed by atoms with E-state index >= 15 is 0 Å². The van der Waals surface area contributed by atoms with E-state index in [1.54, 1.807) is 0 Å². The standard InChI is InChI=1S/C13H15NO4S/c15-12(11-4-7-2-1-3-10(7)19-11)14-9-6-18-5-8(9)13(16)17/h4,8-9H,1-3,5-6H2,(H,14,15)(H,16,17). The molecule has 1 aromatic rings. The first-order valence-electron chi connectivity index (χ1n) is 6.38. The molecule has 1 aromatic heterocycles. The predicted molar refractivity (Wildman–Crippen MR) is 69.5 cm³/mol. The van der Waals surface area contributed by atoms with Crippen LogP contribution in [0.3, 0.4) is 0 Å². The average molecular weight is 281 g/mol. The van der Waals surface area contributed by atoms with Gasteiger partial charge in [-0.15, -0.1) is 11.3 Å². The van der Waals surface area contributed by atoms with E-state index in [-0.39, 0.29) is 19.1 Å². The Labute approximate surface area is 114 Å². The lowest BCUT2D eigenvalue weighted by Crippen LogP contribution is -2.42. The first-order chi connectivity index (χ1) is 9.15. The molecule has 0 aromatic carbocycles. The lowest BCUT2D eigenvalue weighted by molar-refractivity contribution is -0.142. The third-order valence-electron chi connectivity index (χ3n) is 3.68. The third kappa shape index (κ3) is 2.37. The van der Waals surface area contributed by atoms with Crippen LogP contribution < -0.4 is 5.32 Å². The minimum atomic E-state index is -0.920. The normalized spacial score (nSPS) is 25.3. The fraction of sp³-hybridized carbons (Fsp3) is 0.538. The zero-order chi connectivity index (χ0) is 13.4. The first kappa shape index (κ1) is 12.6. The number of rotatable bonds is 3. The summed E-state index contributed by atoms with van der Waals surface area (Å²) in [4.78, 5) is 25.1. The maximum absolute atomic E-state index is 12.1. The number of aliphatic carboxylic acids is 1. The van der Waals surface area contributed by atoms with Crippen molar-refractivity contribution in [3.8, 4) is 0 Å². The maximum atomic E-state index is 12.1. The highest BCUT2D eigenvalue weighted by atomic mass is 32.1. The van der Waals surface area contributed by atoms with E-state index in [0.29, 0.717) is 4.88 Å².